The quantitative estimate of drug-likeness (QED) is 0.842. The zero-order valence-electron chi connectivity index (χ0n) is 11.7. The fourth-order valence-corrected chi connectivity index (χ4v) is 3.09. The second-order valence-corrected chi connectivity index (χ2v) is 6.41. The first kappa shape index (κ1) is 15.0. The molecule has 0 unspecified atom stereocenters. The number of carbonyl (C=O) groups is 1. The first-order chi connectivity index (χ1) is 9.64. The molecule has 1 heterocycles. The van der Waals surface area contributed by atoms with Gasteiger partial charge in [-0.1, -0.05) is 49.4 Å². The second-order valence-electron chi connectivity index (χ2n) is 5.38. The highest BCUT2D eigenvalue weighted by Gasteiger charge is 2.34. The van der Waals surface area contributed by atoms with Crippen LogP contribution in [-0.2, 0) is 4.79 Å². The summed E-state index contributed by atoms with van der Waals surface area (Å²) in [6.45, 7) is 2.10. The Morgan fingerprint density at radius 2 is 2.25 bits per heavy atom. The maximum absolute atomic E-state index is 12.3. The number of aliphatic hydroxyl groups is 1. The van der Waals surface area contributed by atoms with Crippen molar-refractivity contribution in [1.82, 2.24) is 4.98 Å². The van der Waals surface area contributed by atoms with Crippen LogP contribution in [-0.4, -0.2) is 22.6 Å². The van der Waals surface area contributed by atoms with Crippen molar-refractivity contribution < 1.29 is 9.90 Å². The van der Waals surface area contributed by atoms with Crippen molar-refractivity contribution in [1.29, 1.82) is 0 Å². The fraction of sp³-hybridized carbons (Fsp3) is 0.600. The van der Waals surface area contributed by atoms with Crippen molar-refractivity contribution >= 4 is 22.4 Å². The van der Waals surface area contributed by atoms with Gasteiger partial charge in [-0.05, 0) is 12.8 Å². The average Bonchev–Trinajstić information content (AvgIpc) is 2.87. The summed E-state index contributed by atoms with van der Waals surface area (Å²) >= 11 is 1.38. The van der Waals surface area contributed by atoms with Gasteiger partial charge in [0.05, 0.1) is 17.7 Å². The van der Waals surface area contributed by atoms with Crippen LogP contribution in [0.2, 0.25) is 0 Å². The number of thiazole rings is 1. The average molecular weight is 292 g/mol. The van der Waals surface area contributed by atoms with E-state index in [0.29, 0.717) is 11.6 Å². The van der Waals surface area contributed by atoms with Gasteiger partial charge in [0.25, 0.3) is 0 Å². The van der Waals surface area contributed by atoms with E-state index in [1.54, 1.807) is 6.20 Å². The van der Waals surface area contributed by atoms with E-state index in [2.05, 4.69) is 22.1 Å². The summed E-state index contributed by atoms with van der Waals surface area (Å²) in [6.07, 6.45) is 7.50. The molecule has 1 fully saturated rings. The van der Waals surface area contributed by atoms with Crippen LogP contribution < -0.4 is 5.32 Å². The Labute approximate surface area is 123 Å². The molecule has 0 spiro atoms. The standard InChI is InChI=1S/C15H20N2O2S/c1-15(8-4-2-5-9-15)13(19)17-14-16-11-12(20-14)7-3-6-10-18/h11,18H,2,4-6,8-10H2,1H3,(H,16,17,19). The lowest BCUT2D eigenvalue weighted by molar-refractivity contribution is -0.126. The van der Waals surface area contributed by atoms with Crippen molar-refractivity contribution in [2.75, 3.05) is 11.9 Å². The van der Waals surface area contributed by atoms with Crippen LogP contribution in [0, 0.1) is 17.3 Å². The van der Waals surface area contributed by atoms with E-state index in [9.17, 15) is 4.79 Å². The highest BCUT2D eigenvalue weighted by atomic mass is 32.1. The Balaban J connectivity index is 1.96. The van der Waals surface area contributed by atoms with Gasteiger partial charge >= 0.3 is 0 Å². The highest BCUT2D eigenvalue weighted by molar-refractivity contribution is 7.16. The molecule has 1 aliphatic carbocycles. The van der Waals surface area contributed by atoms with Crippen molar-refractivity contribution in [2.24, 2.45) is 5.41 Å². The molecule has 5 heteroatoms. The minimum atomic E-state index is -0.257. The third kappa shape index (κ3) is 3.81. The SMILES string of the molecule is CC1(C(=O)Nc2ncc(C#CCCO)s2)CCCCC1. The van der Waals surface area contributed by atoms with E-state index in [1.807, 2.05) is 6.92 Å². The zero-order valence-corrected chi connectivity index (χ0v) is 12.6. The molecule has 0 radical (unpaired) electrons. The highest BCUT2D eigenvalue weighted by Crippen LogP contribution is 2.37. The maximum atomic E-state index is 12.3. The summed E-state index contributed by atoms with van der Waals surface area (Å²) in [4.78, 5) is 17.3. The summed E-state index contributed by atoms with van der Waals surface area (Å²) < 4.78 is 0. The Bertz CT molecular complexity index is 521. The van der Waals surface area contributed by atoms with Crippen LogP contribution in [0.5, 0.6) is 0 Å². The molecule has 0 bridgehead atoms. The Morgan fingerprint density at radius 1 is 1.50 bits per heavy atom. The summed E-state index contributed by atoms with van der Waals surface area (Å²) in [5, 5.41) is 12.2. The number of hydrogen-bond acceptors (Lipinski definition) is 4. The van der Waals surface area contributed by atoms with E-state index in [-0.39, 0.29) is 17.9 Å². The zero-order chi connectivity index (χ0) is 14.4. The molecule has 1 amide bonds. The molecule has 0 aromatic carbocycles. The van der Waals surface area contributed by atoms with Crippen molar-refractivity contribution in [3.05, 3.63) is 11.1 Å². The number of rotatable bonds is 3. The van der Waals surface area contributed by atoms with E-state index in [0.717, 1.165) is 30.6 Å². The summed E-state index contributed by atoms with van der Waals surface area (Å²) in [7, 11) is 0. The number of aromatic nitrogens is 1. The van der Waals surface area contributed by atoms with Crippen molar-refractivity contribution in [3.63, 3.8) is 0 Å². The number of amides is 1. The number of nitrogens with zero attached hydrogens (tertiary/aromatic N) is 1. The first-order valence-electron chi connectivity index (χ1n) is 7.01. The minimum absolute atomic E-state index is 0.0632. The maximum Gasteiger partial charge on any atom is 0.232 e. The Morgan fingerprint density at radius 3 is 2.95 bits per heavy atom. The molecule has 108 valence electrons. The smallest absolute Gasteiger partial charge is 0.232 e. The lowest BCUT2D eigenvalue weighted by Crippen LogP contribution is -2.35. The molecule has 0 atom stereocenters. The van der Waals surface area contributed by atoms with Gasteiger partial charge in [-0.15, -0.1) is 0 Å². The van der Waals surface area contributed by atoms with Crippen LogP contribution in [0.15, 0.2) is 6.20 Å². The van der Waals surface area contributed by atoms with Gasteiger partial charge in [-0.25, -0.2) is 4.98 Å². The normalized spacial score (nSPS) is 17.1. The second kappa shape index (κ2) is 6.87. The molecule has 2 N–H and O–H groups in total. The fourth-order valence-electron chi connectivity index (χ4n) is 2.40. The van der Waals surface area contributed by atoms with E-state index >= 15 is 0 Å². The number of anilines is 1. The summed E-state index contributed by atoms with van der Waals surface area (Å²) in [5.41, 5.74) is -0.257. The monoisotopic (exact) mass is 292 g/mol. The number of hydrogen-bond donors (Lipinski definition) is 2. The summed E-state index contributed by atoms with van der Waals surface area (Å²) in [5.74, 6) is 5.84. The van der Waals surface area contributed by atoms with Gasteiger partial charge in [-0.2, -0.15) is 0 Å². The molecule has 1 aliphatic rings. The third-order valence-corrected chi connectivity index (χ3v) is 4.51. The Hall–Kier alpha value is -1.38. The van der Waals surface area contributed by atoms with Gasteiger partial charge in [-0.3, -0.25) is 4.79 Å². The van der Waals surface area contributed by atoms with Gasteiger partial charge < -0.3 is 10.4 Å². The lowest BCUT2D eigenvalue weighted by Gasteiger charge is -2.31. The topological polar surface area (TPSA) is 62.2 Å². The molecule has 1 saturated carbocycles. The van der Waals surface area contributed by atoms with E-state index in [4.69, 9.17) is 5.11 Å². The predicted molar refractivity (Wildman–Crippen MR) is 80.5 cm³/mol. The van der Waals surface area contributed by atoms with Gasteiger partial charge in [0.15, 0.2) is 5.13 Å². The molecule has 4 nitrogen and oxygen atoms in total. The first-order valence-corrected chi connectivity index (χ1v) is 7.83. The van der Waals surface area contributed by atoms with Gasteiger partial charge in [0.2, 0.25) is 5.91 Å². The number of carbonyl (C=O) groups excluding carboxylic acids is 1. The largest absolute Gasteiger partial charge is 0.395 e. The lowest BCUT2D eigenvalue weighted by atomic mass is 9.75. The van der Waals surface area contributed by atoms with Crippen LogP contribution in [0.1, 0.15) is 50.3 Å². The van der Waals surface area contributed by atoms with Crippen LogP contribution in [0.25, 0.3) is 0 Å². The minimum Gasteiger partial charge on any atom is -0.395 e. The molecule has 1 aromatic heterocycles. The molecule has 0 aliphatic heterocycles. The van der Waals surface area contributed by atoms with Crippen molar-refractivity contribution in [2.45, 2.75) is 45.4 Å². The Kier molecular flexibility index (Phi) is 5.16. The van der Waals surface area contributed by atoms with Crippen LogP contribution in [0.3, 0.4) is 0 Å². The molecule has 0 saturated heterocycles. The van der Waals surface area contributed by atoms with E-state index < -0.39 is 0 Å². The van der Waals surface area contributed by atoms with Gasteiger partial charge in [0.1, 0.15) is 0 Å². The molecule has 2 rings (SSSR count). The molecule has 1 aromatic rings. The predicted octanol–water partition coefficient (Wildman–Crippen LogP) is 2.79. The third-order valence-electron chi connectivity index (χ3n) is 3.68. The number of nitrogens with one attached hydrogen (secondary N) is 1. The van der Waals surface area contributed by atoms with E-state index in [1.165, 1.54) is 17.8 Å². The van der Waals surface area contributed by atoms with Crippen LogP contribution in [0.4, 0.5) is 5.13 Å². The van der Waals surface area contributed by atoms with Crippen molar-refractivity contribution in [3.8, 4) is 11.8 Å². The van der Waals surface area contributed by atoms with Crippen LogP contribution >= 0.6 is 11.3 Å². The number of aliphatic hydroxyl groups excluding tert-OH is 1. The molecular formula is C15H20N2O2S. The van der Waals surface area contributed by atoms with Gasteiger partial charge in [0, 0.05) is 11.8 Å². The molecule has 20 heavy (non-hydrogen) atoms. The summed E-state index contributed by atoms with van der Waals surface area (Å²) in [6, 6.07) is 0. The molecular weight excluding hydrogens is 272 g/mol.